The van der Waals surface area contributed by atoms with Crippen molar-refractivity contribution in [3.8, 4) is 0 Å². The van der Waals surface area contributed by atoms with Crippen molar-refractivity contribution in [3.63, 3.8) is 0 Å². The van der Waals surface area contributed by atoms with Gasteiger partial charge in [0.15, 0.2) is 0 Å². The molecule has 1 aromatic heterocycles. The lowest BCUT2D eigenvalue weighted by atomic mass is 10.2. The summed E-state index contributed by atoms with van der Waals surface area (Å²) in [6, 6.07) is 4.24. The monoisotopic (exact) mass is 473 g/mol. The van der Waals surface area contributed by atoms with Gasteiger partial charge in [0.2, 0.25) is 0 Å². The van der Waals surface area contributed by atoms with Crippen molar-refractivity contribution >= 4 is 45.6 Å². The van der Waals surface area contributed by atoms with Gasteiger partial charge >= 0.3 is 12.1 Å². The number of carbonyl (C=O) groups excluding carboxylic acids is 2. The molecule has 1 atom stereocenters. The SMILES string of the molecule is COC(=O)[C@H](Cc1nc2ccc(I)cc2c(=O)[nH]1)NC(=O)OC(C)(C)C. The Balaban J connectivity index is 2.27. The van der Waals surface area contributed by atoms with Gasteiger partial charge in [0.25, 0.3) is 5.56 Å². The number of nitrogens with zero attached hydrogens (tertiary/aromatic N) is 1. The van der Waals surface area contributed by atoms with Crippen LogP contribution in [0.25, 0.3) is 10.9 Å². The molecule has 0 spiro atoms. The molecule has 26 heavy (non-hydrogen) atoms. The first kappa shape index (κ1) is 20.1. The summed E-state index contributed by atoms with van der Waals surface area (Å²) in [6.07, 6.45) is -0.797. The minimum absolute atomic E-state index is 0.0386. The summed E-state index contributed by atoms with van der Waals surface area (Å²) in [5, 5.41) is 2.90. The van der Waals surface area contributed by atoms with Crippen LogP contribution in [0.15, 0.2) is 23.0 Å². The minimum Gasteiger partial charge on any atom is -0.467 e. The second-order valence-electron chi connectivity index (χ2n) is 6.60. The number of aromatic nitrogens is 2. The van der Waals surface area contributed by atoms with Crippen molar-refractivity contribution in [2.45, 2.75) is 38.8 Å². The van der Waals surface area contributed by atoms with Crippen molar-refractivity contribution in [3.05, 3.63) is 37.9 Å². The van der Waals surface area contributed by atoms with Gasteiger partial charge in [-0.3, -0.25) is 4.79 Å². The Morgan fingerprint density at radius 2 is 2.04 bits per heavy atom. The topological polar surface area (TPSA) is 110 Å². The quantitative estimate of drug-likeness (QED) is 0.520. The zero-order valence-corrected chi connectivity index (χ0v) is 17.0. The van der Waals surface area contributed by atoms with E-state index in [9.17, 15) is 14.4 Å². The van der Waals surface area contributed by atoms with Crippen molar-refractivity contribution < 1.29 is 19.1 Å². The van der Waals surface area contributed by atoms with Crippen LogP contribution in [0.2, 0.25) is 0 Å². The first-order valence-electron chi connectivity index (χ1n) is 7.85. The van der Waals surface area contributed by atoms with Crippen LogP contribution in [0.5, 0.6) is 0 Å². The van der Waals surface area contributed by atoms with E-state index in [0.717, 1.165) is 3.57 Å². The van der Waals surface area contributed by atoms with Crippen LogP contribution in [-0.4, -0.2) is 40.8 Å². The Morgan fingerprint density at radius 1 is 1.35 bits per heavy atom. The van der Waals surface area contributed by atoms with Gasteiger partial charge < -0.3 is 19.8 Å². The third kappa shape index (κ3) is 5.41. The fraction of sp³-hybridized carbons (Fsp3) is 0.412. The zero-order valence-electron chi connectivity index (χ0n) is 14.9. The lowest BCUT2D eigenvalue weighted by Gasteiger charge is -2.22. The van der Waals surface area contributed by atoms with Crippen LogP contribution in [0, 0.1) is 3.57 Å². The Morgan fingerprint density at radius 3 is 2.65 bits per heavy atom. The lowest BCUT2D eigenvalue weighted by Crippen LogP contribution is -2.45. The maximum absolute atomic E-state index is 12.3. The highest BCUT2D eigenvalue weighted by Gasteiger charge is 2.26. The van der Waals surface area contributed by atoms with Crippen molar-refractivity contribution in [1.82, 2.24) is 15.3 Å². The number of aromatic amines is 1. The number of amides is 1. The number of hydrogen-bond acceptors (Lipinski definition) is 6. The predicted octanol–water partition coefficient (Wildman–Crippen LogP) is 2.14. The second-order valence-corrected chi connectivity index (χ2v) is 7.85. The molecule has 0 saturated heterocycles. The van der Waals surface area contributed by atoms with Crippen LogP contribution >= 0.6 is 22.6 Å². The first-order valence-corrected chi connectivity index (χ1v) is 8.93. The fourth-order valence-electron chi connectivity index (χ4n) is 2.23. The van der Waals surface area contributed by atoms with Gasteiger partial charge in [0.05, 0.1) is 18.0 Å². The molecule has 1 amide bonds. The molecule has 0 bridgehead atoms. The maximum Gasteiger partial charge on any atom is 0.408 e. The van der Waals surface area contributed by atoms with E-state index in [-0.39, 0.29) is 17.8 Å². The smallest absolute Gasteiger partial charge is 0.408 e. The number of rotatable bonds is 4. The van der Waals surface area contributed by atoms with Crippen LogP contribution in [0.1, 0.15) is 26.6 Å². The summed E-state index contributed by atoms with van der Waals surface area (Å²) in [7, 11) is 1.21. The molecule has 0 unspecified atom stereocenters. The van der Waals surface area contributed by atoms with Crippen LogP contribution in [0.4, 0.5) is 4.79 Å². The van der Waals surface area contributed by atoms with Gasteiger partial charge in [-0.1, -0.05) is 0 Å². The highest BCUT2D eigenvalue weighted by Crippen LogP contribution is 2.13. The molecule has 2 rings (SSSR count). The van der Waals surface area contributed by atoms with Crippen molar-refractivity contribution in [2.24, 2.45) is 0 Å². The molecule has 2 aromatic rings. The number of fused-ring (bicyclic) bond motifs is 1. The van der Waals surface area contributed by atoms with E-state index >= 15 is 0 Å². The van der Waals surface area contributed by atoms with Gasteiger partial charge in [-0.15, -0.1) is 0 Å². The number of carbonyl (C=O) groups is 2. The highest BCUT2D eigenvalue weighted by atomic mass is 127. The van der Waals surface area contributed by atoms with Crippen molar-refractivity contribution in [1.29, 1.82) is 0 Å². The number of methoxy groups -OCH3 is 1. The summed E-state index contributed by atoms with van der Waals surface area (Å²) < 4.78 is 10.8. The molecule has 140 valence electrons. The number of alkyl carbamates (subject to hydrolysis) is 1. The van der Waals surface area contributed by atoms with Crippen LogP contribution in [0.3, 0.4) is 0 Å². The number of halogens is 1. The fourth-order valence-corrected chi connectivity index (χ4v) is 2.73. The average molecular weight is 473 g/mol. The van der Waals surface area contributed by atoms with Crippen molar-refractivity contribution in [2.75, 3.05) is 7.11 Å². The van der Waals surface area contributed by atoms with E-state index in [2.05, 4.69) is 37.9 Å². The first-order chi connectivity index (χ1) is 12.1. The summed E-state index contributed by atoms with van der Waals surface area (Å²) in [5.41, 5.74) is -0.522. The Hall–Kier alpha value is -2.17. The Bertz CT molecular complexity index is 888. The molecular formula is C17H20IN3O5. The van der Waals surface area contributed by atoms with Gasteiger partial charge in [-0.25, -0.2) is 14.6 Å². The van der Waals surface area contributed by atoms with Gasteiger partial charge in [-0.2, -0.15) is 0 Å². The van der Waals surface area contributed by atoms with E-state index in [4.69, 9.17) is 9.47 Å². The molecule has 0 aliphatic carbocycles. The summed E-state index contributed by atoms with van der Waals surface area (Å²) in [6.45, 7) is 5.14. The molecule has 9 heteroatoms. The summed E-state index contributed by atoms with van der Waals surface area (Å²) in [5.74, 6) is -0.406. The van der Waals surface area contributed by atoms with E-state index in [1.165, 1.54) is 7.11 Å². The number of benzene rings is 1. The van der Waals surface area contributed by atoms with Gasteiger partial charge in [0.1, 0.15) is 17.5 Å². The van der Waals surface area contributed by atoms with Crippen LogP contribution in [-0.2, 0) is 20.7 Å². The Kier molecular flexibility index (Phi) is 6.21. The third-order valence-corrected chi connectivity index (χ3v) is 3.96. The molecule has 0 aliphatic heterocycles. The summed E-state index contributed by atoms with van der Waals surface area (Å²) >= 11 is 2.11. The third-order valence-electron chi connectivity index (χ3n) is 3.29. The normalized spacial score (nSPS) is 12.5. The molecule has 0 radical (unpaired) electrons. The molecule has 0 fully saturated rings. The number of nitrogens with one attached hydrogen (secondary N) is 2. The largest absolute Gasteiger partial charge is 0.467 e. The highest BCUT2D eigenvalue weighted by molar-refractivity contribution is 14.1. The standard InChI is InChI=1S/C17H20IN3O5/c1-17(2,3)26-16(24)20-12(15(23)25-4)8-13-19-11-6-5-9(18)7-10(11)14(22)21-13/h5-7,12H,8H2,1-4H3,(H,20,24)(H,19,21,22)/t12-/m0/s1. The molecule has 1 heterocycles. The molecular weight excluding hydrogens is 453 g/mol. The number of esters is 1. The van der Waals surface area contributed by atoms with Crippen LogP contribution < -0.4 is 10.9 Å². The Labute approximate surface area is 163 Å². The number of ether oxygens (including phenoxy) is 2. The molecule has 0 aliphatic rings. The molecule has 8 nitrogen and oxygen atoms in total. The molecule has 2 N–H and O–H groups in total. The predicted molar refractivity (Wildman–Crippen MR) is 104 cm³/mol. The second kappa shape index (κ2) is 8.02. The van der Waals surface area contributed by atoms with E-state index in [1.54, 1.807) is 32.9 Å². The average Bonchev–Trinajstić information content (AvgIpc) is 2.52. The molecule has 0 saturated carbocycles. The van der Waals surface area contributed by atoms with E-state index in [0.29, 0.717) is 10.9 Å². The maximum atomic E-state index is 12.3. The number of hydrogen-bond donors (Lipinski definition) is 2. The summed E-state index contributed by atoms with van der Waals surface area (Å²) in [4.78, 5) is 43.2. The number of H-pyrrole nitrogens is 1. The minimum atomic E-state index is -1.04. The van der Waals surface area contributed by atoms with Gasteiger partial charge in [0, 0.05) is 9.99 Å². The molecule has 1 aromatic carbocycles. The van der Waals surface area contributed by atoms with E-state index < -0.39 is 23.7 Å². The lowest BCUT2D eigenvalue weighted by molar-refractivity contribution is -0.143. The van der Waals surface area contributed by atoms with E-state index in [1.807, 2.05) is 6.07 Å². The zero-order chi connectivity index (χ0) is 19.5. The van der Waals surface area contributed by atoms with Gasteiger partial charge in [-0.05, 0) is 61.6 Å².